The molecule has 0 spiro atoms. The zero-order chi connectivity index (χ0) is 17.4. The van der Waals surface area contributed by atoms with Gasteiger partial charge in [-0.2, -0.15) is 13.2 Å². The molecule has 1 aromatic heterocycles. The summed E-state index contributed by atoms with van der Waals surface area (Å²) < 4.78 is 38.1. The first-order valence-corrected chi connectivity index (χ1v) is 7.16. The lowest BCUT2D eigenvalue weighted by Crippen LogP contribution is -2.52. The molecule has 0 aliphatic carbocycles. The quantitative estimate of drug-likeness (QED) is 0.902. The van der Waals surface area contributed by atoms with Crippen LogP contribution in [0.5, 0.6) is 0 Å². The molecule has 128 valence electrons. The lowest BCUT2D eigenvalue weighted by Gasteiger charge is -2.37. The Morgan fingerprint density at radius 3 is 2.52 bits per heavy atom. The normalized spacial score (nSPS) is 19.0. The summed E-state index contributed by atoms with van der Waals surface area (Å²) in [7, 11) is 0. The number of anilines is 1. The topological polar surface area (TPSA) is 69.6 Å². The number of hydrogen-bond acceptors (Lipinski definition) is 4. The zero-order valence-electron chi connectivity index (χ0n) is 13.1. The van der Waals surface area contributed by atoms with Crippen LogP contribution in [0.4, 0.5) is 23.8 Å². The van der Waals surface area contributed by atoms with E-state index in [0.717, 1.165) is 0 Å². The van der Waals surface area contributed by atoms with Gasteiger partial charge in [0.15, 0.2) is 5.69 Å². The summed E-state index contributed by atoms with van der Waals surface area (Å²) in [6.07, 6.45) is -3.13. The van der Waals surface area contributed by atoms with Gasteiger partial charge in [0, 0.05) is 18.6 Å². The summed E-state index contributed by atoms with van der Waals surface area (Å²) in [5.41, 5.74) is -1.64. The molecule has 0 unspecified atom stereocenters. The predicted molar refractivity (Wildman–Crippen MR) is 77.3 cm³/mol. The first-order valence-electron chi connectivity index (χ1n) is 7.16. The largest absolute Gasteiger partial charge is 0.465 e. The molecule has 0 radical (unpaired) electrons. The number of carbonyl (C=O) groups is 1. The van der Waals surface area contributed by atoms with Gasteiger partial charge in [0.25, 0.3) is 0 Å². The van der Waals surface area contributed by atoms with E-state index in [4.69, 9.17) is 0 Å². The lowest BCUT2D eigenvalue weighted by molar-refractivity contribution is -0.141. The van der Waals surface area contributed by atoms with Crippen LogP contribution in [0.25, 0.3) is 0 Å². The van der Waals surface area contributed by atoms with E-state index < -0.39 is 23.5 Å². The average Bonchev–Trinajstić information content (AvgIpc) is 2.85. The fraction of sp³-hybridized carbons (Fsp3) is 0.643. The van der Waals surface area contributed by atoms with Crippen molar-refractivity contribution in [2.24, 2.45) is 0 Å². The third kappa shape index (κ3) is 3.83. The van der Waals surface area contributed by atoms with Gasteiger partial charge in [0.1, 0.15) is 5.82 Å². The molecule has 1 aliphatic rings. The third-order valence-corrected chi connectivity index (χ3v) is 3.69. The van der Waals surface area contributed by atoms with Crippen LogP contribution >= 0.6 is 0 Å². The first-order chi connectivity index (χ1) is 10.5. The van der Waals surface area contributed by atoms with Gasteiger partial charge in [-0.05, 0) is 27.2 Å². The van der Waals surface area contributed by atoms with Gasteiger partial charge < -0.3 is 10.0 Å². The summed E-state index contributed by atoms with van der Waals surface area (Å²) in [6.45, 7) is 6.08. The molecular weight excluding hydrogens is 313 g/mol. The molecule has 2 heterocycles. The highest BCUT2D eigenvalue weighted by Gasteiger charge is 2.38. The maximum atomic E-state index is 12.7. The van der Waals surface area contributed by atoms with Crippen LogP contribution in [0.15, 0.2) is 12.4 Å². The van der Waals surface area contributed by atoms with Gasteiger partial charge in [-0.3, -0.25) is 9.88 Å². The van der Waals surface area contributed by atoms with Crippen molar-refractivity contribution in [2.45, 2.75) is 44.9 Å². The van der Waals surface area contributed by atoms with Crippen LogP contribution in [0, 0.1) is 0 Å². The van der Waals surface area contributed by atoms with E-state index in [1.807, 2.05) is 0 Å². The Bertz CT molecular complexity index is 586. The summed E-state index contributed by atoms with van der Waals surface area (Å²) in [5.74, 6) is 0.113. The predicted octanol–water partition coefficient (Wildman–Crippen LogP) is 2.85. The van der Waals surface area contributed by atoms with Gasteiger partial charge in [-0.25, -0.2) is 9.78 Å². The van der Waals surface area contributed by atoms with Crippen molar-refractivity contribution in [1.29, 1.82) is 0 Å². The number of alkyl halides is 3. The average molecular weight is 332 g/mol. The fourth-order valence-corrected chi connectivity index (χ4v) is 2.80. The lowest BCUT2D eigenvalue weighted by atomic mass is 10.0. The highest BCUT2D eigenvalue weighted by Crippen LogP contribution is 2.30. The van der Waals surface area contributed by atoms with E-state index in [-0.39, 0.29) is 11.9 Å². The molecule has 1 aromatic rings. The van der Waals surface area contributed by atoms with E-state index in [2.05, 4.69) is 9.97 Å². The molecule has 1 saturated heterocycles. The van der Waals surface area contributed by atoms with E-state index in [9.17, 15) is 23.1 Å². The van der Waals surface area contributed by atoms with Crippen molar-refractivity contribution in [3.63, 3.8) is 0 Å². The van der Waals surface area contributed by atoms with Gasteiger partial charge in [-0.1, -0.05) is 0 Å². The number of nitrogens with zero attached hydrogens (tertiary/aromatic N) is 4. The van der Waals surface area contributed by atoms with Gasteiger partial charge in [0.05, 0.1) is 18.4 Å². The third-order valence-electron chi connectivity index (χ3n) is 3.69. The molecule has 1 N–H and O–H groups in total. The van der Waals surface area contributed by atoms with E-state index in [0.29, 0.717) is 25.7 Å². The molecule has 1 aliphatic heterocycles. The van der Waals surface area contributed by atoms with Gasteiger partial charge in [-0.15, -0.1) is 0 Å². The Labute approximate surface area is 131 Å². The minimum Gasteiger partial charge on any atom is -0.465 e. The molecule has 2 rings (SSSR count). The van der Waals surface area contributed by atoms with Crippen LogP contribution in [0.3, 0.4) is 0 Å². The summed E-state index contributed by atoms with van der Waals surface area (Å²) >= 11 is 0. The Balaban J connectivity index is 2.18. The maximum Gasteiger partial charge on any atom is 0.434 e. The van der Waals surface area contributed by atoms with Crippen molar-refractivity contribution in [1.82, 2.24) is 14.9 Å². The smallest absolute Gasteiger partial charge is 0.434 e. The van der Waals surface area contributed by atoms with Crippen molar-refractivity contribution in [3.05, 3.63) is 18.1 Å². The standard InChI is InChI=1S/C14H19F3N4O2/c1-13(2,3)21(12(22)23)9-4-5-20(8-9)11-7-18-6-10(19-11)14(15,16)17/h6-7,9H,4-5,8H2,1-3H3,(H,22,23)/t9-/m1/s1. The number of carboxylic acid groups (broad SMARTS) is 1. The Morgan fingerprint density at radius 2 is 2.00 bits per heavy atom. The molecule has 0 aromatic carbocycles. The minimum atomic E-state index is -4.55. The summed E-state index contributed by atoms with van der Waals surface area (Å²) in [4.78, 5) is 21.7. The maximum absolute atomic E-state index is 12.7. The second kappa shape index (κ2) is 5.86. The van der Waals surface area contributed by atoms with Crippen LogP contribution in [0.2, 0.25) is 0 Å². The van der Waals surface area contributed by atoms with E-state index >= 15 is 0 Å². The monoisotopic (exact) mass is 332 g/mol. The van der Waals surface area contributed by atoms with Crippen molar-refractivity contribution in [2.75, 3.05) is 18.0 Å². The number of rotatable bonds is 2. The summed E-state index contributed by atoms with van der Waals surface area (Å²) in [6, 6.07) is -0.302. The second-order valence-electron chi connectivity index (χ2n) is 6.47. The highest BCUT2D eigenvalue weighted by molar-refractivity contribution is 5.67. The number of hydrogen-bond donors (Lipinski definition) is 1. The highest BCUT2D eigenvalue weighted by atomic mass is 19.4. The van der Waals surface area contributed by atoms with Gasteiger partial charge in [0.2, 0.25) is 0 Å². The van der Waals surface area contributed by atoms with Crippen LogP contribution in [-0.2, 0) is 6.18 Å². The van der Waals surface area contributed by atoms with Crippen LogP contribution in [-0.4, -0.2) is 50.7 Å². The van der Waals surface area contributed by atoms with Gasteiger partial charge >= 0.3 is 12.3 Å². The van der Waals surface area contributed by atoms with Crippen LogP contribution in [0.1, 0.15) is 32.9 Å². The Kier molecular flexibility index (Phi) is 4.41. The van der Waals surface area contributed by atoms with Crippen molar-refractivity contribution in [3.8, 4) is 0 Å². The fourth-order valence-electron chi connectivity index (χ4n) is 2.80. The van der Waals surface area contributed by atoms with E-state index in [1.54, 1.807) is 25.7 Å². The molecule has 1 fully saturated rings. The number of amides is 1. The Morgan fingerprint density at radius 1 is 1.35 bits per heavy atom. The Hall–Kier alpha value is -2.06. The minimum absolute atomic E-state index is 0.113. The molecule has 0 saturated carbocycles. The molecule has 6 nitrogen and oxygen atoms in total. The van der Waals surface area contributed by atoms with E-state index in [1.165, 1.54) is 11.1 Å². The molecule has 9 heteroatoms. The van der Waals surface area contributed by atoms with Crippen molar-refractivity contribution < 1.29 is 23.1 Å². The molecule has 1 atom stereocenters. The molecule has 0 bridgehead atoms. The molecule has 23 heavy (non-hydrogen) atoms. The zero-order valence-corrected chi connectivity index (χ0v) is 13.1. The SMILES string of the molecule is CC(C)(C)N(C(=O)O)[C@@H]1CCN(c2cncc(C(F)(F)F)n2)C1. The number of halogens is 3. The first kappa shape index (κ1) is 17.3. The van der Waals surface area contributed by atoms with Crippen LogP contribution < -0.4 is 4.90 Å². The second-order valence-corrected chi connectivity index (χ2v) is 6.47. The molecule has 1 amide bonds. The molecular formula is C14H19F3N4O2. The number of aromatic nitrogens is 2. The summed E-state index contributed by atoms with van der Waals surface area (Å²) in [5, 5.41) is 9.41. The van der Waals surface area contributed by atoms with Crippen molar-refractivity contribution >= 4 is 11.9 Å².